The number of nitrogens with one attached hydrogen (secondary N) is 1. The van der Waals surface area contributed by atoms with E-state index in [0.29, 0.717) is 24.1 Å². The molecule has 0 spiro atoms. The Morgan fingerprint density at radius 1 is 1.32 bits per heavy atom. The molecule has 0 radical (unpaired) electrons. The Morgan fingerprint density at radius 3 is 2.80 bits per heavy atom. The van der Waals surface area contributed by atoms with E-state index in [1.54, 1.807) is 31.2 Å². The fourth-order valence-electron chi connectivity index (χ4n) is 3.03. The highest BCUT2D eigenvalue weighted by atomic mass is 32.2. The van der Waals surface area contributed by atoms with Crippen LogP contribution in [0.1, 0.15) is 35.0 Å². The second-order valence-corrected chi connectivity index (χ2v) is 8.88. The van der Waals surface area contributed by atoms with Gasteiger partial charge in [-0.1, -0.05) is 12.1 Å². The van der Waals surface area contributed by atoms with E-state index in [0.717, 1.165) is 5.56 Å². The molecular formula is C18H19FN2O3S. The molecule has 1 aliphatic heterocycles. The van der Waals surface area contributed by atoms with E-state index < -0.39 is 15.4 Å². The van der Waals surface area contributed by atoms with E-state index in [9.17, 15) is 17.6 Å². The van der Waals surface area contributed by atoms with Crippen molar-refractivity contribution in [3.63, 3.8) is 0 Å². The molecule has 0 unspecified atom stereocenters. The van der Waals surface area contributed by atoms with Crippen molar-refractivity contribution >= 4 is 15.7 Å². The summed E-state index contributed by atoms with van der Waals surface area (Å²) in [6, 6.07) is 9.45. The summed E-state index contributed by atoms with van der Waals surface area (Å²) in [7, 11) is -3.10. The summed E-state index contributed by atoms with van der Waals surface area (Å²) in [5.41, 5.74) is 1.07. The molecule has 2 heterocycles. The van der Waals surface area contributed by atoms with Gasteiger partial charge in [-0.25, -0.2) is 12.8 Å². The number of pyridine rings is 1. The Labute approximate surface area is 146 Å². The Kier molecular flexibility index (Phi) is 4.60. The number of nitrogens with zero attached hydrogens (tertiary/aromatic N) is 1. The second kappa shape index (κ2) is 6.55. The Balaban J connectivity index is 1.74. The minimum Gasteiger partial charge on any atom is -0.346 e. The van der Waals surface area contributed by atoms with Crippen LogP contribution >= 0.6 is 0 Å². The molecule has 7 heteroatoms. The molecule has 1 amide bonds. The number of halogens is 1. The zero-order chi connectivity index (χ0) is 18.1. The smallest absolute Gasteiger partial charge is 0.251 e. The van der Waals surface area contributed by atoms with E-state index in [1.807, 2.05) is 0 Å². The lowest BCUT2D eigenvalue weighted by atomic mass is 10.0. The predicted octanol–water partition coefficient (Wildman–Crippen LogP) is 2.12. The summed E-state index contributed by atoms with van der Waals surface area (Å²) in [5, 5.41) is 2.82. The SMILES string of the molecule is C[C@@]1(NC(=O)c2ccnc(Cc3cccc(F)c3)c2)CCS(=O)(=O)C1. The molecule has 0 saturated carbocycles. The van der Waals surface area contributed by atoms with Crippen LogP contribution < -0.4 is 5.32 Å². The summed E-state index contributed by atoms with van der Waals surface area (Å²) in [5.74, 6) is -0.609. The minimum absolute atomic E-state index is 0.0486. The fraction of sp³-hybridized carbons (Fsp3) is 0.333. The molecule has 1 saturated heterocycles. The number of sulfone groups is 1. The van der Waals surface area contributed by atoms with E-state index >= 15 is 0 Å². The minimum atomic E-state index is -3.10. The van der Waals surface area contributed by atoms with Gasteiger partial charge in [0.2, 0.25) is 0 Å². The third-order valence-corrected chi connectivity index (χ3v) is 6.17. The Hall–Kier alpha value is -2.28. The van der Waals surface area contributed by atoms with Crippen LogP contribution in [0.25, 0.3) is 0 Å². The highest BCUT2D eigenvalue weighted by molar-refractivity contribution is 7.91. The molecule has 1 N–H and O–H groups in total. The molecule has 132 valence electrons. The monoisotopic (exact) mass is 362 g/mol. The number of hydrogen-bond acceptors (Lipinski definition) is 4. The molecule has 1 atom stereocenters. The Morgan fingerprint density at radius 2 is 2.12 bits per heavy atom. The van der Waals surface area contributed by atoms with Crippen molar-refractivity contribution in [2.24, 2.45) is 0 Å². The quantitative estimate of drug-likeness (QED) is 0.904. The first-order valence-electron chi connectivity index (χ1n) is 7.97. The molecule has 1 aromatic carbocycles. The third kappa shape index (κ3) is 4.42. The molecule has 0 aliphatic carbocycles. The van der Waals surface area contributed by atoms with Gasteiger partial charge >= 0.3 is 0 Å². The van der Waals surface area contributed by atoms with Gasteiger partial charge in [0, 0.05) is 23.9 Å². The second-order valence-electron chi connectivity index (χ2n) is 6.70. The zero-order valence-electron chi connectivity index (χ0n) is 13.8. The summed E-state index contributed by atoms with van der Waals surface area (Å²) in [4.78, 5) is 16.7. The maximum atomic E-state index is 13.3. The standard InChI is InChI=1S/C18H19FN2O3S/c1-18(6-8-25(23,24)12-18)21-17(22)14-5-7-20-16(11-14)10-13-3-2-4-15(19)9-13/h2-5,7,9,11H,6,8,10,12H2,1H3,(H,21,22)/t18-/m1/s1. The van der Waals surface area contributed by atoms with Gasteiger partial charge in [0.25, 0.3) is 5.91 Å². The summed E-state index contributed by atoms with van der Waals surface area (Å²) < 4.78 is 36.6. The normalized spacial score (nSPS) is 21.8. The number of hydrogen-bond donors (Lipinski definition) is 1. The van der Waals surface area contributed by atoms with Crippen LogP contribution in [0.3, 0.4) is 0 Å². The van der Waals surface area contributed by atoms with Gasteiger partial charge in [0.05, 0.1) is 17.0 Å². The lowest BCUT2D eigenvalue weighted by Gasteiger charge is -2.23. The molecule has 0 bridgehead atoms. The molecule has 3 rings (SSSR count). The van der Waals surface area contributed by atoms with Crippen LogP contribution in [-0.2, 0) is 16.3 Å². The van der Waals surface area contributed by atoms with Crippen molar-refractivity contribution in [2.75, 3.05) is 11.5 Å². The molecule has 5 nitrogen and oxygen atoms in total. The lowest BCUT2D eigenvalue weighted by Crippen LogP contribution is -2.46. The highest BCUT2D eigenvalue weighted by Gasteiger charge is 2.39. The van der Waals surface area contributed by atoms with Crippen LogP contribution in [0, 0.1) is 5.82 Å². The van der Waals surface area contributed by atoms with Crippen LogP contribution in [-0.4, -0.2) is 36.4 Å². The number of carbonyl (C=O) groups excluding carboxylic acids is 1. The van der Waals surface area contributed by atoms with Gasteiger partial charge in [0.1, 0.15) is 5.82 Å². The first kappa shape index (κ1) is 17.5. The molecule has 25 heavy (non-hydrogen) atoms. The van der Waals surface area contributed by atoms with Crippen molar-refractivity contribution in [2.45, 2.75) is 25.3 Å². The largest absolute Gasteiger partial charge is 0.346 e. The van der Waals surface area contributed by atoms with Crippen molar-refractivity contribution in [3.05, 3.63) is 65.2 Å². The Bertz CT molecular complexity index is 914. The zero-order valence-corrected chi connectivity index (χ0v) is 14.6. The number of carbonyl (C=O) groups is 1. The maximum absolute atomic E-state index is 13.3. The topological polar surface area (TPSA) is 76.1 Å². The van der Waals surface area contributed by atoms with Gasteiger partial charge in [-0.05, 0) is 43.2 Å². The fourth-order valence-corrected chi connectivity index (χ4v) is 5.12. The van der Waals surface area contributed by atoms with E-state index in [1.165, 1.54) is 18.3 Å². The summed E-state index contributed by atoms with van der Waals surface area (Å²) in [6.07, 6.45) is 2.34. The van der Waals surface area contributed by atoms with E-state index in [-0.39, 0.29) is 23.2 Å². The van der Waals surface area contributed by atoms with Crippen LogP contribution in [0.5, 0.6) is 0 Å². The first-order valence-corrected chi connectivity index (χ1v) is 9.79. The van der Waals surface area contributed by atoms with Crippen LogP contribution in [0.2, 0.25) is 0 Å². The molecular weight excluding hydrogens is 343 g/mol. The summed E-state index contributed by atoms with van der Waals surface area (Å²) in [6.45, 7) is 1.74. The average Bonchev–Trinajstić information content (AvgIpc) is 2.81. The number of benzene rings is 1. The maximum Gasteiger partial charge on any atom is 0.251 e. The summed E-state index contributed by atoms with van der Waals surface area (Å²) >= 11 is 0. The molecule has 1 aromatic heterocycles. The van der Waals surface area contributed by atoms with Gasteiger partial charge < -0.3 is 5.32 Å². The van der Waals surface area contributed by atoms with Gasteiger partial charge in [-0.2, -0.15) is 0 Å². The van der Waals surface area contributed by atoms with Crippen molar-refractivity contribution in [1.29, 1.82) is 0 Å². The van der Waals surface area contributed by atoms with Crippen molar-refractivity contribution in [1.82, 2.24) is 10.3 Å². The molecule has 2 aromatic rings. The average molecular weight is 362 g/mol. The highest BCUT2D eigenvalue weighted by Crippen LogP contribution is 2.23. The lowest BCUT2D eigenvalue weighted by molar-refractivity contribution is 0.0915. The predicted molar refractivity (Wildman–Crippen MR) is 92.6 cm³/mol. The van der Waals surface area contributed by atoms with Crippen molar-refractivity contribution in [3.8, 4) is 0 Å². The number of aromatic nitrogens is 1. The third-order valence-electron chi connectivity index (χ3n) is 4.27. The molecule has 1 fully saturated rings. The van der Waals surface area contributed by atoms with Crippen LogP contribution in [0.15, 0.2) is 42.6 Å². The number of amides is 1. The van der Waals surface area contributed by atoms with Crippen molar-refractivity contribution < 1.29 is 17.6 Å². The number of rotatable bonds is 4. The van der Waals surface area contributed by atoms with Gasteiger partial charge in [-0.15, -0.1) is 0 Å². The van der Waals surface area contributed by atoms with Crippen LogP contribution in [0.4, 0.5) is 4.39 Å². The van der Waals surface area contributed by atoms with E-state index in [4.69, 9.17) is 0 Å². The molecule has 1 aliphatic rings. The van der Waals surface area contributed by atoms with E-state index in [2.05, 4.69) is 10.3 Å². The van der Waals surface area contributed by atoms with Gasteiger partial charge in [-0.3, -0.25) is 9.78 Å². The van der Waals surface area contributed by atoms with Gasteiger partial charge in [0.15, 0.2) is 9.84 Å². The first-order chi connectivity index (χ1) is 11.7.